The quantitative estimate of drug-likeness (QED) is 0.626. The third kappa shape index (κ3) is 6.30. The van der Waals surface area contributed by atoms with Gasteiger partial charge < -0.3 is 10.2 Å². The van der Waals surface area contributed by atoms with Crippen LogP contribution < -0.4 is 9.62 Å². The number of anilines is 1. The Balaban J connectivity index is 2.34. The number of carbonyl (C=O) groups is 2. The predicted octanol–water partition coefficient (Wildman–Crippen LogP) is 2.38. The zero-order valence-corrected chi connectivity index (χ0v) is 18.9. The minimum atomic E-state index is -3.71. The molecular weight excluding hydrogens is 458 g/mol. The SMILES string of the molecule is CNC(=O)[C@H](C)N(Cc1ccccc1)C(=O)CN(c1ccc(Br)cc1)S(C)(=O)=O. The Morgan fingerprint density at radius 3 is 2.17 bits per heavy atom. The highest BCUT2D eigenvalue weighted by Crippen LogP contribution is 2.21. The topological polar surface area (TPSA) is 86.8 Å². The lowest BCUT2D eigenvalue weighted by atomic mass is 10.1. The highest BCUT2D eigenvalue weighted by atomic mass is 79.9. The second-order valence-corrected chi connectivity index (χ2v) is 9.37. The van der Waals surface area contributed by atoms with Crippen LogP contribution in [0.2, 0.25) is 0 Å². The molecule has 2 aromatic rings. The van der Waals surface area contributed by atoms with Crippen molar-refractivity contribution in [2.24, 2.45) is 0 Å². The van der Waals surface area contributed by atoms with Crippen molar-refractivity contribution in [1.29, 1.82) is 0 Å². The van der Waals surface area contributed by atoms with E-state index in [2.05, 4.69) is 21.2 Å². The van der Waals surface area contributed by atoms with Crippen molar-refractivity contribution in [3.63, 3.8) is 0 Å². The van der Waals surface area contributed by atoms with Gasteiger partial charge in [0.15, 0.2) is 0 Å². The van der Waals surface area contributed by atoms with Gasteiger partial charge in [0, 0.05) is 18.1 Å². The van der Waals surface area contributed by atoms with Gasteiger partial charge in [-0.2, -0.15) is 0 Å². The van der Waals surface area contributed by atoms with Crippen molar-refractivity contribution in [3.8, 4) is 0 Å². The average molecular weight is 482 g/mol. The molecule has 156 valence electrons. The number of nitrogens with one attached hydrogen (secondary N) is 1. The van der Waals surface area contributed by atoms with Crippen LogP contribution in [0.4, 0.5) is 5.69 Å². The molecule has 0 aromatic heterocycles. The third-order valence-corrected chi connectivity index (χ3v) is 6.07. The van der Waals surface area contributed by atoms with E-state index in [0.717, 1.165) is 20.6 Å². The van der Waals surface area contributed by atoms with Crippen LogP contribution in [-0.2, 0) is 26.2 Å². The first-order valence-electron chi connectivity index (χ1n) is 8.91. The molecular formula is C20H24BrN3O4S. The summed E-state index contributed by atoms with van der Waals surface area (Å²) in [5.41, 5.74) is 1.21. The number of nitrogens with zero attached hydrogens (tertiary/aromatic N) is 2. The third-order valence-electron chi connectivity index (χ3n) is 4.40. The van der Waals surface area contributed by atoms with Crippen LogP contribution in [0, 0.1) is 0 Å². The maximum atomic E-state index is 13.1. The van der Waals surface area contributed by atoms with Gasteiger partial charge in [-0.25, -0.2) is 8.42 Å². The Labute approximate surface area is 179 Å². The van der Waals surface area contributed by atoms with Crippen molar-refractivity contribution >= 4 is 43.5 Å². The highest BCUT2D eigenvalue weighted by molar-refractivity contribution is 9.10. The number of hydrogen-bond acceptors (Lipinski definition) is 4. The summed E-state index contributed by atoms with van der Waals surface area (Å²) < 4.78 is 26.5. The molecule has 0 radical (unpaired) electrons. The van der Waals surface area contributed by atoms with E-state index in [4.69, 9.17) is 0 Å². The van der Waals surface area contributed by atoms with Crippen LogP contribution in [-0.4, -0.2) is 51.0 Å². The Kier molecular flexibility index (Phi) is 7.80. The number of benzene rings is 2. The molecule has 1 atom stereocenters. The monoisotopic (exact) mass is 481 g/mol. The van der Waals surface area contributed by atoms with Gasteiger partial charge in [-0.3, -0.25) is 13.9 Å². The van der Waals surface area contributed by atoms with Crippen molar-refractivity contribution in [2.75, 3.05) is 24.2 Å². The minimum Gasteiger partial charge on any atom is -0.357 e. The summed E-state index contributed by atoms with van der Waals surface area (Å²) >= 11 is 3.31. The molecule has 0 bridgehead atoms. The average Bonchev–Trinajstić information content (AvgIpc) is 2.69. The second-order valence-electron chi connectivity index (χ2n) is 6.54. The normalized spacial score (nSPS) is 12.1. The lowest BCUT2D eigenvalue weighted by molar-refractivity contribution is -0.139. The summed E-state index contributed by atoms with van der Waals surface area (Å²) in [7, 11) is -2.22. The van der Waals surface area contributed by atoms with Gasteiger partial charge in [-0.05, 0) is 36.8 Å². The molecule has 0 saturated carbocycles. The van der Waals surface area contributed by atoms with Crippen molar-refractivity contribution in [3.05, 3.63) is 64.6 Å². The first-order valence-corrected chi connectivity index (χ1v) is 11.6. The van der Waals surface area contributed by atoms with Gasteiger partial charge in [-0.1, -0.05) is 46.3 Å². The molecule has 0 aliphatic carbocycles. The molecule has 0 spiro atoms. The van der Waals surface area contributed by atoms with E-state index in [9.17, 15) is 18.0 Å². The number of hydrogen-bond donors (Lipinski definition) is 1. The van der Waals surface area contributed by atoms with Crippen LogP contribution in [0.3, 0.4) is 0 Å². The number of halogens is 1. The number of sulfonamides is 1. The summed E-state index contributed by atoms with van der Waals surface area (Å²) in [6, 6.07) is 15.1. The van der Waals surface area contributed by atoms with Crippen molar-refractivity contribution < 1.29 is 18.0 Å². The fourth-order valence-corrected chi connectivity index (χ4v) is 3.91. The molecule has 9 heteroatoms. The smallest absolute Gasteiger partial charge is 0.244 e. The fourth-order valence-electron chi connectivity index (χ4n) is 2.79. The summed E-state index contributed by atoms with van der Waals surface area (Å²) in [4.78, 5) is 26.7. The van der Waals surface area contributed by atoms with E-state index in [-0.39, 0.29) is 12.5 Å². The molecule has 0 saturated heterocycles. The van der Waals surface area contributed by atoms with Gasteiger partial charge in [-0.15, -0.1) is 0 Å². The van der Waals surface area contributed by atoms with E-state index >= 15 is 0 Å². The second kappa shape index (κ2) is 9.89. The summed E-state index contributed by atoms with van der Waals surface area (Å²) in [5, 5.41) is 2.54. The standard InChI is InChI=1S/C20H24BrN3O4S/c1-15(20(26)22-2)23(13-16-7-5-4-6-8-16)19(25)14-24(29(3,27)28)18-11-9-17(21)10-12-18/h4-12,15H,13-14H2,1-3H3,(H,22,26)/t15-/m0/s1. The summed E-state index contributed by atoms with van der Waals surface area (Å²) in [6.45, 7) is 1.39. The first-order chi connectivity index (χ1) is 13.6. The molecule has 0 aliphatic rings. The van der Waals surface area contributed by atoms with Crippen LogP contribution in [0.15, 0.2) is 59.1 Å². The Morgan fingerprint density at radius 1 is 1.07 bits per heavy atom. The molecule has 0 fully saturated rings. The van der Waals surface area contributed by atoms with E-state index in [1.807, 2.05) is 30.3 Å². The Hall–Kier alpha value is -2.39. The number of rotatable bonds is 8. The Morgan fingerprint density at radius 2 is 1.66 bits per heavy atom. The van der Waals surface area contributed by atoms with Gasteiger partial charge in [0.1, 0.15) is 12.6 Å². The predicted molar refractivity (Wildman–Crippen MR) is 117 cm³/mol. The van der Waals surface area contributed by atoms with E-state index in [1.165, 1.54) is 11.9 Å². The van der Waals surface area contributed by atoms with E-state index in [1.54, 1.807) is 31.2 Å². The molecule has 0 heterocycles. The van der Waals surface area contributed by atoms with Gasteiger partial charge in [0.25, 0.3) is 0 Å². The highest BCUT2D eigenvalue weighted by Gasteiger charge is 2.29. The van der Waals surface area contributed by atoms with Crippen LogP contribution in [0.1, 0.15) is 12.5 Å². The van der Waals surface area contributed by atoms with Crippen LogP contribution in [0.25, 0.3) is 0 Å². The Bertz CT molecular complexity index is 949. The molecule has 0 unspecified atom stereocenters. The summed E-state index contributed by atoms with van der Waals surface area (Å²) in [5.74, 6) is -0.804. The van der Waals surface area contributed by atoms with Crippen LogP contribution in [0.5, 0.6) is 0 Å². The van der Waals surface area contributed by atoms with Gasteiger partial charge >= 0.3 is 0 Å². The molecule has 0 aliphatic heterocycles. The van der Waals surface area contributed by atoms with Gasteiger partial charge in [0.05, 0.1) is 11.9 Å². The number of likely N-dealkylation sites (N-methyl/N-ethyl adjacent to an activating group) is 1. The van der Waals surface area contributed by atoms with Gasteiger partial charge in [0.2, 0.25) is 21.8 Å². The zero-order valence-electron chi connectivity index (χ0n) is 16.5. The molecule has 2 amide bonds. The van der Waals surface area contributed by atoms with Crippen molar-refractivity contribution in [2.45, 2.75) is 19.5 Å². The fraction of sp³-hybridized carbons (Fsp3) is 0.300. The zero-order chi connectivity index (χ0) is 21.6. The first kappa shape index (κ1) is 22.9. The lowest BCUT2D eigenvalue weighted by Gasteiger charge is -2.31. The van der Waals surface area contributed by atoms with E-state index in [0.29, 0.717) is 5.69 Å². The number of carbonyl (C=O) groups excluding carboxylic acids is 2. The largest absolute Gasteiger partial charge is 0.357 e. The molecule has 29 heavy (non-hydrogen) atoms. The van der Waals surface area contributed by atoms with E-state index < -0.39 is 28.5 Å². The molecule has 2 aromatic carbocycles. The summed E-state index contributed by atoms with van der Waals surface area (Å²) in [6.07, 6.45) is 1.05. The minimum absolute atomic E-state index is 0.187. The maximum Gasteiger partial charge on any atom is 0.244 e. The number of amides is 2. The molecule has 7 nitrogen and oxygen atoms in total. The van der Waals surface area contributed by atoms with Crippen LogP contribution >= 0.6 is 15.9 Å². The lowest BCUT2D eigenvalue weighted by Crippen LogP contribution is -2.50. The maximum absolute atomic E-state index is 13.1. The van der Waals surface area contributed by atoms with Crippen molar-refractivity contribution in [1.82, 2.24) is 10.2 Å². The molecule has 2 rings (SSSR count). The molecule has 1 N–H and O–H groups in total.